The third kappa shape index (κ3) is 4.43. The van der Waals surface area contributed by atoms with E-state index in [2.05, 4.69) is 32.1 Å². The predicted octanol–water partition coefficient (Wildman–Crippen LogP) is 3.20. The zero-order valence-corrected chi connectivity index (χ0v) is 18.0. The third-order valence-electron chi connectivity index (χ3n) is 5.20. The molecule has 0 aliphatic carbocycles. The average molecular weight is 445 g/mol. The van der Waals surface area contributed by atoms with Gasteiger partial charge in [-0.3, -0.25) is 4.79 Å². The highest BCUT2D eigenvalue weighted by Crippen LogP contribution is 2.27. The second-order valence-corrected chi connectivity index (χ2v) is 8.17. The number of nitrogens with one attached hydrogen (secondary N) is 1. The summed E-state index contributed by atoms with van der Waals surface area (Å²) in [7, 11) is 2.10. The molecule has 156 valence electrons. The van der Waals surface area contributed by atoms with Crippen molar-refractivity contribution >= 4 is 51.8 Å². The van der Waals surface area contributed by atoms with Crippen LogP contribution >= 0.6 is 23.2 Å². The number of benzene rings is 2. The lowest BCUT2D eigenvalue weighted by molar-refractivity contribution is 0.0951. The molecule has 1 amide bonds. The van der Waals surface area contributed by atoms with Crippen LogP contribution in [0.15, 0.2) is 36.4 Å². The minimum atomic E-state index is -0.207. The number of anilines is 2. The SMILES string of the molecule is CN1CCN(c2nc(N)nc3cc(C(=O)NCc4ccc(Cl)c(Cl)c4)ccc23)CC1. The number of carbonyl (C=O) groups excluding carboxylic acids is 1. The Labute approximate surface area is 184 Å². The van der Waals surface area contributed by atoms with Crippen LogP contribution in [-0.4, -0.2) is 54.0 Å². The van der Waals surface area contributed by atoms with E-state index in [0.29, 0.717) is 27.7 Å². The molecule has 9 heteroatoms. The molecule has 1 saturated heterocycles. The van der Waals surface area contributed by atoms with Gasteiger partial charge in [0.1, 0.15) is 5.82 Å². The Morgan fingerprint density at radius 2 is 1.83 bits per heavy atom. The number of carbonyl (C=O) groups is 1. The quantitative estimate of drug-likeness (QED) is 0.642. The van der Waals surface area contributed by atoms with Gasteiger partial charge in [0.15, 0.2) is 0 Å². The molecule has 0 radical (unpaired) electrons. The smallest absolute Gasteiger partial charge is 0.251 e. The molecular weight excluding hydrogens is 423 g/mol. The molecule has 0 atom stereocenters. The number of rotatable bonds is 4. The molecule has 2 aromatic carbocycles. The predicted molar refractivity (Wildman–Crippen MR) is 121 cm³/mol. The van der Waals surface area contributed by atoms with Crippen molar-refractivity contribution in [3.8, 4) is 0 Å². The summed E-state index contributed by atoms with van der Waals surface area (Å²) in [6.07, 6.45) is 0. The largest absolute Gasteiger partial charge is 0.368 e. The van der Waals surface area contributed by atoms with Crippen LogP contribution in [0.25, 0.3) is 10.9 Å². The van der Waals surface area contributed by atoms with Crippen LogP contribution in [0, 0.1) is 0 Å². The topological polar surface area (TPSA) is 87.4 Å². The monoisotopic (exact) mass is 444 g/mol. The lowest BCUT2D eigenvalue weighted by Crippen LogP contribution is -2.45. The van der Waals surface area contributed by atoms with Crippen LogP contribution in [0.1, 0.15) is 15.9 Å². The van der Waals surface area contributed by atoms with E-state index in [4.69, 9.17) is 28.9 Å². The van der Waals surface area contributed by atoms with Crippen molar-refractivity contribution in [2.75, 3.05) is 43.9 Å². The second-order valence-electron chi connectivity index (χ2n) is 7.36. The molecule has 0 saturated carbocycles. The van der Waals surface area contributed by atoms with Gasteiger partial charge < -0.3 is 20.9 Å². The number of hydrogen-bond acceptors (Lipinski definition) is 6. The van der Waals surface area contributed by atoms with Gasteiger partial charge in [-0.15, -0.1) is 0 Å². The van der Waals surface area contributed by atoms with Gasteiger partial charge in [-0.05, 0) is 42.9 Å². The highest BCUT2D eigenvalue weighted by molar-refractivity contribution is 6.42. The Hall–Kier alpha value is -2.61. The van der Waals surface area contributed by atoms with Crippen LogP contribution < -0.4 is 16.0 Å². The molecule has 0 bridgehead atoms. The standard InChI is InChI=1S/C21H22Cl2N6O/c1-28-6-8-29(9-7-28)19-15-4-3-14(11-18(15)26-21(24)27-19)20(30)25-12-13-2-5-16(22)17(23)10-13/h2-5,10-11H,6-9,12H2,1H3,(H,25,30)(H2,24,26,27). The molecule has 0 spiro atoms. The van der Waals surface area contributed by atoms with Crippen LogP contribution in [0.5, 0.6) is 0 Å². The Morgan fingerprint density at radius 1 is 1.07 bits per heavy atom. The average Bonchev–Trinajstić information content (AvgIpc) is 2.74. The molecule has 0 unspecified atom stereocenters. The number of piperazine rings is 1. The molecule has 1 aliphatic heterocycles. The third-order valence-corrected chi connectivity index (χ3v) is 5.94. The lowest BCUT2D eigenvalue weighted by Gasteiger charge is -2.33. The number of likely N-dealkylation sites (N-methyl/N-ethyl adjacent to an activating group) is 1. The molecule has 30 heavy (non-hydrogen) atoms. The van der Waals surface area contributed by atoms with Crippen molar-refractivity contribution in [2.24, 2.45) is 0 Å². The summed E-state index contributed by atoms with van der Waals surface area (Å²) in [6, 6.07) is 10.7. The first-order valence-corrected chi connectivity index (χ1v) is 10.4. The number of amides is 1. The zero-order valence-electron chi connectivity index (χ0n) is 16.5. The molecule has 1 aliphatic rings. The minimum absolute atomic E-state index is 0.199. The van der Waals surface area contributed by atoms with Crippen molar-refractivity contribution in [2.45, 2.75) is 6.54 Å². The first-order chi connectivity index (χ1) is 14.4. The maximum atomic E-state index is 12.7. The Kier molecular flexibility index (Phi) is 5.94. The summed E-state index contributed by atoms with van der Waals surface area (Å²) in [5.74, 6) is 0.805. The highest BCUT2D eigenvalue weighted by Gasteiger charge is 2.19. The van der Waals surface area contributed by atoms with E-state index in [1.807, 2.05) is 12.1 Å². The fraction of sp³-hybridized carbons (Fsp3) is 0.286. The second kappa shape index (κ2) is 8.63. The Morgan fingerprint density at radius 3 is 2.57 bits per heavy atom. The maximum absolute atomic E-state index is 12.7. The van der Waals surface area contributed by atoms with Gasteiger partial charge in [0.2, 0.25) is 5.95 Å². The summed E-state index contributed by atoms with van der Waals surface area (Å²) >= 11 is 12.0. The zero-order chi connectivity index (χ0) is 21.3. The van der Waals surface area contributed by atoms with Crippen molar-refractivity contribution in [3.63, 3.8) is 0 Å². The van der Waals surface area contributed by atoms with Gasteiger partial charge in [0.05, 0.1) is 15.6 Å². The van der Waals surface area contributed by atoms with Crippen LogP contribution in [0.2, 0.25) is 10.0 Å². The van der Waals surface area contributed by atoms with E-state index < -0.39 is 0 Å². The summed E-state index contributed by atoms with van der Waals surface area (Å²) in [5.41, 5.74) is 7.98. The fourth-order valence-corrected chi connectivity index (χ4v) is 3.79. The van der Waals surface area contributed by atoms with Crippen molar-refractivity contribution in [1.29, 1.82) is 0 Å². The van der Waals surface area contributed by atoms with Crippen LogP contribution in [0.3, 0.4) is 0 Å². The number of nitrogens with zero attached hydrogens (tertiary/aromatic N) is 4. The molecule has 3 aromatic rings. The Bertz CT molecular complexity index is 1100. The minimum Gasteiger partial charge on any atom is -0.368 e. The molecular formula is C21H22Cl2N6O. The van der Waals surface area contributed by atoms with Gasteiger partial charge in [0.25, 0.3) is 5.91 Å². The van der Waals surface area contributed by atoms with Gasteiger partial charge in [0, 0.05) is 43.7 Å². The van der Waals surface area contributed by atoms with Gasteiger partial charge in [-0.25, -0.2) is 4.98 Å². The van der Waals surface area contributed by atoms with Crippen LogP contribution in [0.4, 0.5) is 11.8 Å². The fourth-order valence-electron chi connectivity index (χ4n) is 3.46. The van der Waals surface area contributed by atoms with Crippen molar-refractivity contribution in [3.05, 3.63) is 57.6 Å². The molecule has 3 N–H and O–H groups in total. The molecule has 1 fully saturated rings. The molecule has 4 rings (SSSR count). The normalized spacial score (nSPS) is 14.8. The molecule has 1 aromatic heterocycles. The number of nitrogens with two attached hydrogens (primary N) is 1. The number of hydrogen-bond donors (Lipinski definition) is 2. The lowest BCUT2D eigenvalue weighted by atomic mass is 10.1. The summed E-state index contributed by atoms with van der Waals surface area (Å²) in [4.78, 5) is 26.0. The van der Waals surface area contributed by atoms with E-state index >= 15 is 0 Å². The number of halogens is 2. The van der Waals surface area contributed by atoms with E-state index in [0.717, 1.165) is 42.9 Å². The molecule has 7 nitrogen and oxygen atoms in total. The van der Waals surface area contributed by atoms with Crippen molar-refractivity contribution < 1.29 is 4.79 Å². The summed E-state index contributed by atoms with van der Waals surface area (Å²) in [6.45, 7) is 4.00. The highest BCUT2D eigenvalue weighted by atomic mass is 35.5. The summed E-state index contributed by atoms with van der Waals surface area (Å²) < 4.78 is 0. The Balaban J connectivity index is 1.55. The van der Waals surface area contributed by atoms with E-state index in [-0.39, 0.29) is 11.9 Å². The number of fused-ring (bicyclic) bond motifs is 1. The number of nitrogen functional groups attached to an aromatic ring is 1. The van der Waals surface area contributed by atoms with Crippen molar-refractivity contribution in [1.82, 2.24) is 20.2 Å². The van der Waals surface area contributed by atoms with Gasteiger partial charge >= 0.3 is 0 Å². The van der Waals surface area contributed by atoms with Crippen LogP contribution in [-0.2, 0) is 6.54 Å². The molecule has 2 heterocycles. The van der Waals surface area contributed by atoms with Gasteiger partial charge in [-0.2, -0.15) is 4.98 Å². The maximum Gasteiger partial charge on any atom is 0.251 e. The van der Waals surface area contributed by atoms with E-state index in [1.165, 1.54) is 0 Å². The first kappa shape index (κ1) is 20.7. The van der Waals surface area contributed by atoms with Gasteiger partial charge in [-0.1, -0.05) is 29.3 Å². The number of aromatic nitrogens is 2. The van der Waals surface area contributed by atoms with E-state index in [1.54, 1.807) is 24.3 Å². The van der Waals surface area contributed by atoms with E-state index in [9.17, 15) is 4.79 Å². The summed E-state index contributed by atoms with van der Waals surface area (Å²) in [5, 5.41) is 4.71. The first-order valence-electron chi connectivity index (χ1n) is 9.63.